The molecule has 7 heteroatoms. The maximum atomic E-state index is 5.86. The number of hydrogen-bond acceptors (Lipinski definition) is 5. The molecule has 0 unspecified atom stereocenters. The van der Waals surface area contributed by atoms with Crippen LogP contribution in [0.2, 0.25) is 31.7 Å². The van der Waals surface area contributed by atoms with Crippen molar-refractivity contribution in [1.82, 2.24) is 0 Å². The van der Waals surface area contributed by atoms with Crippen molar-refractivity contribution in [1.29, 1.82) is 0 Å². The molecule has 0 aliphatic heterocycles. The van der Waals surface area contributed by atoms with E-state index in [1.165, 1.54) is 0 Å². The second-order valence-electron chi connectivity index (χ2n) is 7.57. The minimum atomic E-state index is -2.04. The van der Waals surface area contributed by atoms with Crippen molar-refractivity contribution in [3.63, 3.8) is 0 Å². The van der Waals surface area contributed by atoms with Crippen LogP contribution in [0.5, 0.6) is 11.5 Å². The third-order valence-corrected chi connectivity index (χ3v) is 10.2. The normalized spacial score (nSPS) is 12.2. The Balaban J connectivity index is 2.27. The summed E-state index contributed by atoms with van der Waals surface area (Å²) in [5, 5.41) is 0. The van der Waals surface area contributed by atoms with Gasteiger partial charge in [0.05, 0.1) is 13.2 Å². The molecule has 0 aromatic heterocycles. The van der Waals surface area contributed by atoms with E-state index in [0.29, 0.717) is 19.8 Å². The summed E-state index contributed by atoms with van der Waals surface area (Å²) in [6.07, 6.45) is 1.96. The van der Waals surface area contributed by atoms with Crippen molar-refractivity contribution in [2.45, 2.75) is 65.3 Å². The first-order chi connectivity index (χ1) is 13.3. The molecule has 0 bridgehead atoms. The van der Waals surface area contributed by atoms with Gasteiger partial charge in [-0.05, 0) is 89.6 Å². The minimum absolute atomic E-state index is 0.667. The van der Waals surface area contributed by atoms with Gasteiger partial charge in [-0.15, -0.1) is 0 Å². The number of benzene rings is 1. The molecule has 0 saturated heterocycles. The minimum Gasteiger partial charge on any atom is -0.494 e. The van der Waals surface area contributed by atoms with Gasteiger partial charge in [-0.3, -0.25) is 0 Å². The van der Waals surface area contributed by atoms with Gasteiger partial charge in [0.2, 0.25) is 0 Å². The molecule has 0 amide bonds. The third-order valence-electron chi connectivity index (χ3n) is 4.49. The van der Waals surface area contributed by atoms with E-state index in [9.17, 15) is 0 Å². The van der Waals surface area contributed by atoms with Crippen LogP contribution in [0, 0.1) is 0 Å². The van der Waals surface area contributed by atoms with Crippen LogP contribution in [0.15, 0.2) is 24.3 Å². The summed E-state index contributed by atoms with van der Waals surface area (Å²) in [6.45, 7) is 16.4. The fraction of sp³-hybridized carbons (Fsp3) is 0.714. The second-order valence-corrected chi connectivity index (χ2v) is 15.2. The molecule has 1 aromatic rings. The van der Waals surface area contributed by atoms with Gasteiger partial charge in [0, 0.05) is 19.8 Å². The summed E-state index contributed by atoms with van der Waals surface area (Å²) < 4.78 is 29.3. The van der Waals surface area contributed by atoms with E-state index in [2.05, 4.69) is 26.6 Å². The van der Waals surface area contributed by atoms with Gasteiger partial charge >= 0.3 is 8.56 Å². The van der Waals surface area contributed by atoms with Crippen LogP contribution in [-0.2, 0) is 13.3 Å². The summed E-state index contributed by atoms with van der Waals surface area (Å²) in [5.74, 6) is 1.75. The first-order valence-corrected chi connectivity index (χ1v) is 16.3. The SMILES string of the molecule is CCO[Si](C)(C)CCCOc1ccc(OCCC[Si](C)(OCC)OCC)cc1. The number of rotatable bonds is 16. The predicted octanol–water partition coefficient (Wildman–Crippen LogP) is 5.61. The highest BCUT2D eigenvalue weighted by Crippen LogP contribution is 2.20. The van der Waals surface area contributed by atoms with Crippen LogP contribution >= 0.6 is 0 Å². The molecule has 0 saturated carbocycles. The lowest BCUT2D eigenvalue weighted by molar-refractivity contribution is 0.185. The Hall–Kier alpha value is -0.866. The molecular weight excluding hydrogens is 388 g/mol. The lowest BCUT2D eigenvalue weighted by Crippen LogP contribution is -2.38. The van der Waals surface area contributed by atoms with Crippen LogP contribution in [0.3, 0.4) is 0 Å². The lowest BCUT2D eigenvalue weighted by atomic mass is 10.3. The molecule has 28 heavy (non-hydrogen) atoms. The smallest absolute Gasteiger partial charge is 0.335 e. The Labute approximate surface area is 174 Å². The van der Waals surface area contributed by atoms with Crippen molar-refractivity contribution in [3.8, 4) is 11.5 Å². The van der Waals surface area contributed by atoms with Gasteiger partial charge < -0.3 is 22.8 Å². The average molecular weight is 429 g/mol. The Bertz CT molecular complexity index is 516. The summed E-state index contributed by atoms with van der Waals surface area (Å²) in [7, 11) is -3.55. The quantitative estimate of drug-likeness (QED) is 0.253. The fourth-order valence-corrected chi connectivity index (χ4v) is 7.46. The molecular formula is C21H40O5Si2. The molecule has 0 radical (unpaired) electrons. The largest absolute Gasteiger partial charge is 0.494 e. The topological polar surface area (TPSA) is 46.2 Å². The van der Waals surface area contributed by atoms with Gasteiger partial charge in [-0.1, -0.05) is 0 Å². The van der Waals surface area contributed by atoms with Gasteiger partial charge in [-0.2, -0.15) is 0 Å². The molecule has 0 aliphatic rings. The van der Waals surface area contributed by atoms with Crippen molar-refractivity contribution < 1.29 is 22.8 Å². The van der Waals surface area contributed by atoms with Gasteiger partial charge in [-0.25, -0.2) is 0 Å². The second kappa shape index (κ2) is 13.4. The zero-order valence-corrected chi connectivity index (χ0v) is 20.7. The van der Waals surface area contributed by atoms with Gasteiger partial charge in [0.1, 0.15) is 11.5 Å². The maximum absolute atomic E-state index is 5.86. The standard InChI is InChI=1S/C21H40O5Si2/c1-7-24-27(4,5)18-10-16-22-20-12-14-21(15-13-20)23-17-11-19-28(6,25-8-2)26-9-3/h12-15H,7-11,16-19H2,1-6H3. The van der Waals surface area contributed by atoms with Crippen molar-refractivity contribution >= 4 is 16.9 Å². The highest BCUT2D eigenvalue weighted by Gasteiger charge is 2.29. The van der Waals surface area contributed by atoms with Crippen LogP contribution < -0.4 is 9.47 Å². The molecule has 1 aromatic carbocycles. The molecule has 0 heterocycles. The van der Waals surface area contributed by atoms with Crippen molar-refractivity contribution in [2.75, 3.05) is 33.0 Å². The Morgan fingerprint density at radius 1 is 0.643 bits per heavy atom. The maximum Gasteiger partial charge on any atom is 0.335 e. The molecule has 1 rings (SSSR count). The van der Waals surface area contributed by atoms with E-state index < -0.39 is 16.9 Å². The molecule has 0 atom stereocenters. The van der Waals surface area contributed by atoms with Crippen LogP contribution in [0.25, 0.3) is 0 Å². The molecule has 0 spiro atoms. The van der Waals surface area contributed by atoms with E-state index >= 15 is 0 Å². The summed E-state index contributed by atoms with van der Waals surface area (Å²) >= 11 is 0. The van der Waals surface area contributed by atoms with Gasteiger partial charge in [0.25, 0.3) is 0 Å². The van der Waals surface area contributed by atoms with Crippen molar-refractivity contribution in [2.24, 2.45) is 0 Å². The van der Waals surface area contributed by atoms with Crippen LogP contribution in [-0.4, -0.2) is 49.9 Å². The zero-order valence-electron chi connectivity index (χ0n) is 18.7. The highest BCUT2D eigenvalue weighted by atomic mass is 28.4. The molecule has 162 valence electrons. The Morgan fingerprint density at radius 2 is 1.07 bits per heavy atom. The predicted molar refractivity (Wildman–Crippen MR) is 120 cm³/mol. The molecule has 0 aliphatic carbocycles. The van der Waals surface area contributed by atoms with E-state index in [1.807, 2.05) is 38.1 Å². The average Bonchev–Trinajstić information content (AvgIpc) is 2.64. The summed E-state index contributed by atoms with van der Waals surface area (Å²) in [6, 6.07) is 9.94. The van der Waals surface area contributed by atoms with Gasteiger partial charge in [0.15, 0.2) is 8.32 Å². The highest BCUT2D eigenvalue weighted by molar-refractivity contribution is 6.71. The summed E-state index contributed by atoms with van der Waals surface area (Å²) in [5.41, 5.74) is 0. The Kier molecular flexibility index (Phi) is 12.0. The van der Waals surface area contributed by atoms with Crippen molar-refractivity contribution in [3.05, 3.63) is 24.3 Å². The first-order valence-electron chi connectivity index (χ1n) is 10.6. The summed E-state index contributed by atoms with van der Waals surface area (Å²) in [4.78, 5) is 0. The van der Waals surface area contributed by atoms with E-state index in [0.717, 1.165) is 49.6 Å². The first kappa shape index (κ1) is 25.2. The zero-order chi connectivity index (χ0) is 20.9. The van der Waals surface area contributed by atoms with E-state index in [-0.39, 0.29) is 0 Å². The number of hydrogen-bond donors (Lipinski definition) is 0. The fourth-order valence-electron chi connectivity index (χ4n) is 3.16. The lowest BCUT2D eigenvalue weighted by Gasteiger charge is -2.25. The third kappa shape index (κ3) is 10.6. The Morgan fingerprint density at radius 3 is 1.50 bits per heavy atom. The van der Waals surface area contributed by atoms with Crippen LogP contribution in [0.4, 0.5) is 0 Å². The van der Waals surface area contributed by atoms with Crippen LogP contribution in [0.1, 0.15) is 33.6 Å². The van der Waals surface area contributed by atoms with E-state index in [1.54, 1.807) is 0 Å². The monoisotopic (exact) mass is 428 g/mol. The molecule has 5 nitrogen and oxygen atoms in total. The molecule has 0 N–H and O–H groups in total. The number of ether oxygens (including phenoxy) is 2. The van der Waals surface area contributed by atoms with E-state index in [4.69, 9.17) is 22.8 Å². The molecule has 0 fully saturated rings.